The zero-order chi connectivity index (χ0) is 7.33. The van der Waals surface area contributed by atoms with Crippen molar-refractivity contribution in [1.29, 1.82) is 0 Å². The Morgan fingerprint density at radius 1 is 1.11 bits per heavy atom. The van der Waals surface area contributed by atoms with Gasteiger partial charge in [-0.15, -0.1) is 0 Å². The van der Waals surface area contributed by atoms with E-state index in [-0.39, 0.29) is 29.0 Å². The Hall–Kier alpha value is 0.137. The van der Waals surface area contributed by atoms with Crippen LogP contribution in [-0.2, 0) is 8.85 Å². The smallest absolute Gasteiger partial charge is 0.331 e. The molecule has 0 aromatic heterocycles. The largest absolute Gasteiger partial charge is 0.398 e. The molecular weight excluding hydrogens is 132 g/mol. The van der Waals surface area contributed by atoms with Gasteiger partial charge in [-0.2, -0.15) is 0 Å². The van der Waals surface area contributed by atoms with Crippen LogP contribution in [0.25, 0.3) is 0 Å². The second-order valence-electron chi connectivity index (χ2n) is 1.69. The third-order valence-electron chi connectivity index (χ3n) is 0.695. The molecule has 3 heteroatoms. The van der Waals surface area contributed by atoms with Crippen LogP contribution in [0.1, 0.15) is 17.6 Å². The highest BCUT2D eigenvalue weighted by molar-refractivity contribution is 6.64. The predicted molar refractivity (Wildman–Crippen MR) is 45.0 cm³/mol. The topological polar surface area (TPSA) is 18.5 Å². The normalized spacial score (nSPS) is 12.2. The molecule has 0 atom stereocenters. The lowest BCUT2D eigenvalue weighted by Gasteiger charge is -2.15. The van der Waals surface area contributed by atoms with Crippen LogP contribution in [-0.4, -0.2) is 22.7 Å². The van der Waals surface area contributed by atoms with E-state index in [4.69, 9.17) is 11.6 Å². The standard InChI is InChI=1S/C4H12O2Si.2CH4/c1-5-7(3,4)6-2;;/h1-4H3;2*1H4/i1T,2T;;. The van der Waals surface area contributed by atoms with E-state index in [1.165, 1.54) is 0 Å². The number of hydrogen-bond donors (Lipinski definition) is 0. The van der Waals surface area contributed by atoms with Gasteiger partial charge in [-0.25, -0.2) is 0 Å². The molecule has 0 amide bonds. The second kappa shape index (κ2) is 6.26. The van der Waals surface area contributed by atoms with Gasteiger partial charge in [0, 0.05) is 14.2 Å². The van der Waals surface area contributed by atoms with E-state index in [1.54, 1.807) is 0 Å². The molecule has 0 bridgehead atoms. The Bertz CT molecular complexity index is 73.0. The molecular formula is C6H20O2Si. The maximum atomic E-state index is 6.71. The van der Waals surface area contributed by atoms with E-state index in [1.807, 2.05) is 13.1 Å². The van der Waals surface area contributed by atoms with Gasteiger partial charge in [0.25, 0.3) is 0 Å². The molecule has 0 aromatic carbocycles. The average molecular weight is 156 g/mol. The lowest BCUT2D eigenvalue weighted by molar-refractivity contribution is 0.258. The van der Waals surface area contributed by atoms with Gasteiger partial charge in [-0.05, 0) is 13.1 Å². The first-order chi connectivity index (χ1) is 4.12. The van der Waals surface area contributed by atoms with Crippen molar-refractivity contribution in [3.05, 3.63) is 0 Å². The van der Waals surface area contributed by atoms with Gasteiger partial charge in [0.2, 0.25) is 0 Å². The van der Waals surface area contributed by atoms with Gasteiger partial charge in [0.15, 0.2) is 0 Å². The lowest BCUT2D eigenvalue weighted by Crippen LogP contribution is -2.31. The summed E-state index contributed by atoms with van der Waals surface area (Å²) < 4.78 is 23.3. The molecule has 0 spiro atoms. The first-order valence-corrected chi connectivity index (χ1v) is 4.80. The molecule has 0 saturated heterocycles. The van der Waals surface area contributed by atoms with Crippen LogP contribution in [0.3, 0.4) is 0 Å². The summed E-state index contributed by atoms with van der Waals surface area (Å²) in [5, 5.41) is 0. The highest BCUT2D eigenvalue weighted by Gasteiger charge is 2.19. The molecule has 0 fully saturated rings. The Morgan fingerprint density at radius 2 is 1.44 bits per heavy atom. The quantitative estimate of drug-likeness (QED) is 0.571. The summed E-state index contributed by atoms with van der Waals surface area (Å²) in [5.41, 5.74) is 0. The molecule has 0 aliphatic heterocycles. The Labute approximate surface area is 63.2 Å². The van der Waals surface area contributed by atoms with Crippen LogP contribution < -0.4 is 0 Å². The predicted octanol–water partition coefficient (Wildman–Crippen LogP) is 2.25. The first-order valence-electron chi connectivity index (χ1n) is 3.40. The zero-order valence-electron chi connectivity index (χ0n) is 6.73. The number of hydrogen-bond acceptors (Lipinski definition) is 2. The third kappa shape index (κ3) is 8.14. The minimum atomic E-state index is -2.08. The van der Waals surface area contributed by atoms with Crippen molar-refractivity contribution >= 4 is 8.56 Å². The highest BCUT2D eigenvalue weighted by Crippen LogP contribution is 1.99. The molecule has 0 aliphatic carbocycles. The SMILES string of the molecule is C.C.[3H]CO[Si](C)(C)OC[3H]. The molecule has 2 nitrogen and oxygen atoms in total. The van der Waals surface area contributed by atoms with Crippen LogP contribution in [0, 0.1) is 0 Å². The molecule has 0 unspecified atom stereocenters. The Balaban J connectivity index is -0.000000320. The summed E-state index contributed by atoms with van der Waals surface area (Å²) in [6.07, 6.45) is 0. The summed E-state index contributed by atoms with van der Waals surface area (Å²) >= 11 is 0. The summed E-state index contributed by atoms with van der Waals surface area (Å²) in [7, 11) is -2.22. The molecule has 60 valence electrons. The van der Waals surface area contributed by atoms with Crippen LogP contribution in [0.15, 0.2) is 0 Å². The van der Waals surface area contributed by atoms with Crippen molar-refractivity contribution in [2.24, 2.45) is 0 Å². The molecule has 0 heterocycles. The van der Waals surface area contributed by atoms with Gasteiger partial charge >= 0.3 is 8.56 Å². The van der Waals surface area contributed by atoms with E-state index >= 15 is 0 Å². The first kappa shape index (κ1) is 9.14. The van der Waals surface area contributed by atoms with Crippen LogP contribution in [0.5, 0.6) is 0 Å². The van der Waals surface area contributed by atoms with E-state index in [2.05, 4.69) is 0 Å². The molecule has 9 heavy (non-hydrogen) atoms. The van der Waals surface area contributed by atoms with Gasteiger partial charge in [0.05, 0.1) is 2.74 Å². The van der Waals surface area contributed by atoms with Crippen LogP contribution in [0.2, 0.25) is 13.1 Å². The van der Waals surface area contributed by atoms with Crippen molar-refractivity contribution in [2.75, 3.05) is 14.2 Å². The molecule has 0 saturated carbocycles. The molecule has 0 N–H and O–H groups in total. The van der Waals surface area contributed by atoms with Crippen LogP contribution in [0.4, 0.5) is 0 Å². The highest BCUT2D eigenvalue weighted by atomic mass is 28.4. The fraction of sp³-hybridized carbons (Fsp3) is 1.00. The number of rotatable bonds is 2. The van der Waals surface area contributed by atoms with Crippen molar-refractivity contribution in [2.45, 2.75) is 27.9 Å². The summed E-state index contributed by atoms with van der Waals surface area (Å²) in [5.74, 6) is 0. The van der Waals surface area contributed by atoms with E-state index < -0.39 is 8.56 Å². The van der Waals surface area contributed by atoms with E-state index in [0.29, 0.717) is 0 Å². The maximum absolute atomic E-state index is 6.71. The van der Waals surface area contributed by atoms with Crippen molar-refractivity contribution < 1.29 is 11.6 Å². The van der Waals surface area contributed by atoms with Crippen molar-refractivity contribution in [3.8, 4) is 0 Å². The minimum absolute atomic E-state index is 0. The molecule has 0 radical (unpaired) electrons. The average Bonchev–Trinajstić information content (AvgIpc) is 1.64. The Kier molecular flexibility index (Phi) is 6.35. The minimum Gasteiger partial charge on any atom is -0.398 e. The lowest BCUT2D eigenvalue weighted by atomic mass is 11.8. The fourth-order valence-electron chi connectivity index (χ4n) is 0.0417. The zero-order valence-corrected chi connectivity index (χ0v) is 5.73. The Morgan fingerprint density at radius 3 is 1.67 bits per heavy atom. The fourth-order valence-corrected chi connectivity index (χ4v) is 0.125. The van der Waals surface area contributed by atoms with Gasteiger partial charge in [-0.3, -0.25) is 0 Å². The van der Waals surface area contributed by atoms with E-state index in [0.717, 1.165) is 0 Å². The molecule has 0 aliphatic rings. The summed E-state index contributed by atoms with van der Waals surface area (Å²) in [6.45, 7) is 3.63. The summed E-state index contributed by atoms with van der Waals surface area (Å²) in [6, 6.07) is 0. The molecule has 0 rings (SSSR count). The maximum Gasteiger partial charge on any atom is 0.331 e. The second-order valence-corrected chi connectivity index (χ2v) is 5.07. The van der Waals surface area contributed by atoms with Gasteiger partial charge < -0.3 is 8.85 Å². The van der Waals surface area contributed by atoms with E-state index in [9.17, 15) is 0 Å². The van der Waals surface area contributed by atoms with Crippen molar-refractivity contribution in [1.82, 2.24) is 0 Å². The van der Waals surface area contributed by atoms with Gasteiger partial charge in [-0.1, -0.05) is 14.9 Å². The summed E-state index contributed by atoms with van der Waals surface area (Å²) in [4.78, 5) is 0. The van der Waals surface area contributed by atoms with Crippen molar-refractivity contribution in [3.63, 3.8) is 0 Å². The van der Waals surface area contributed by atoms with Crippen LogP contribution >= 0.6 is 0 Å². The molecule has 0 aromatic rings. The monoisotopic (exact) mass is 156 g/mol. The third-order valence-corrected chi connectivity index (χ3v) is 2.09. The van der Waals surface area contributed by atoms with Gasteiger partial charge in [0.1, 0.15) is 0 Å².